The molecule has 0 atom stereocenters. The van der Waals surface area contributed by atoms with Crippen molar-refractivity contribution in [1.82, 2.24) is 5.32 Å². The Hall–Kier alpha value is -0.830. The highest BCUT2D eigenvalue weighted by molar-refractivity contribution is 5.75. The van der Waals surface area contributed by atoms with Crippen LogP contribution in [0, 0.1) is 0 Å². The maximum Gasteiger partial charge on any atom is 0.219 e. The quantitative estimate of drug-likeness (QED) is 0.173. The highest BCUT2D eigenvalue weighted by Gasteiger charge is 2.00. The summed E-state index contributed by atoms with van der Waals surface area (Å²) in [6.07, 6.45) is 26.8. The van der Waals surface area contributed by atoms with Crippen molar-refractivity contribution in [2.24, 2.45) is 5.73 Å². The first-order chi connectivity index (χ1) is 13.3. The number of allylic oxidation sites excluding steroid dienone is 2. The van der Waals surface area contributed by atoms with Crippen molar-refractivity contribution in [2.45, 2.75) is 122 Å². The molecule has 0 aromatic carbocycles. The molecule has 3 N–H and O–H groups in total. The van der Waals surface area contributed by atoms with Crippen LogP contribution in [0.5, 0.6) is 0 Å². The maximum absolute atomic E-state index is 11.7. The molecule has 0 aliphatic rings. The lowest BCUT2D eigenvalue weighted by atomic mass is 10.1. The summed E-state index contributed by atoms with van der Waals surface area (Å²) < 4.78 is 0. The molecule has 3 heteroatoms. The maximum atomic E-state index is 11.7. The number of nitrogens with two attached hydrogens (primary N) is 1. The second-order valence-corrected chi connectivity index (χ2v) is 7.89. The average Bonchev–Trinajstić information content (AvgIpc) is 2.67. The van der Waals surface area contributed by atoms with Crippen molar-refractivity contribution in [2.75, 3.05) is 13.1 Å². The van der Waals surface area contributed by atoms with Gasteiger partial charge in [-0.3, -0.25) is 4.79 Å². The Bertz CT molecular complexity index is 328. The molecule has 0 saturated carbocycles. The summed E-state index contributed by atoms with van der Waals surface area (Å²) in [5.41, 5.74) is 5.47. The van der Waals surface area contributed by atoms with Crippen molar-refractivity contribution in [3.05, 3.63) is 12.2 Å². The number of carbonyl (C=O) groups excluding carboxylic acids is 1. The van der Waals surface area contributed by atoms with Gasteiger partial charge < -0.3 is 11.1 Å². The van der Waals surface area contributed by atoms with Gasteiger partial charge in [-0.05, 0) is 51.5 Å². The van der Waals surface area contributed by atoms with Crippen LogP contribution in [0.15, 0.2) is 12.2 Å². The van der Waals surface area contributed by atoms with E-state index in [4.69, 9.17) is 5.73 Å². The van der Waals surface area contributed by atoms with Gasteiger partial charge in [-0.1, -0.05) is 83.3 Å². The summed E-state index contributed by atoms with van der Waals surface area (Å²) in [7, 11) is 0. The Morgan fingerprint density at radius 1 is 0.704 bits per heavy atom. The fraction of sp³-hybridized carbons (Fsp3) is 0.875. The largest absolute Gasteiger partial charge is 0.356 e. The van der Waals surface area contributed by atoms with Crippen molar-refractivity contribution in [3.63, 3.8) is 0 Å². The van der Waals surface area contributed by atoms with Crippen LogP contribution in [0.4, 0.5) is 0 Å². The molecule has 3 nitrogen and oxygen atoms in total. The number of rotatable bonds is 21. The summed E-state index contributed by atoms with van der Waals surface area (Å²) in [6.45, 7) is 3.88. The molecule has 0 fully saturated rings. The third kappa shape index (κ3) is 23.1. The van der Waals surface area contributed by atoms with E-state index < -0.39 is 0 Å². The minimum absolute atomic E-state index is 0.228. The van der Waals surface area contributed by atoms with Gasteiger partial charge in [0.05, 0.1) is 0 Å². The van der Waals surface area contributed by atoms with E-state index in [1.165, 1.54) is 89.9 Å². The van der Waals surface area contributed by atoms with E-state index in [1.54, 1.807) is 0 Å². The van der Waals surface area contributed by atoms with Gasteiger partial charge in [-0.2, -0.15) is 0 Å². The zero-order chi connectivity index (χ0) is 19.8. The predicted molar refractivity (Wildman–Crippen MR) is 120 cm³/mol. The summed E-state index contributed by atoms with van der Waals surface area (Å²) in [5, 5.41) is 3.03. The summed E-state index contributed by atoms with van der Waals surface area (Å²) in [4.78, 5) is 11.7. The lowest BCUT2D eigenvalue weighted by Crippen LogP contribution is -2.23. The normalized spacial score (nSPS) is 11.3. The first kappa shape index (κ1) is 26.2. The molecular formula is C24H48N2O. The van der Waals surface area contributed by atoms with Crippen molar-refractivity contribution >= 4 is 5.91 Å². The fourth-order valence-electron chi connectivity index (χ4n) is 3.30. The smallest absolute Gasteiger partial charge is 0.219 e. The summed E-state index contributed by atoms with van der Waals surface area (Å²) >= 11 is 0. The lowest BCUT2D eigenvalue weighted by molar-refractivity contribution is -0.121. The van der Waals surface area contributed by atoms with Crippen LogP contribution in [-0.2, 0) is 4.79 Å². The Labute approximate surface area is 169 Å². The Balaban J connectivity index is 3.19. The van der Waals surface area contributed by atoms with Crippen molar-refractivity contribution in [3.8, 4) is 0 Å². The lowest BCUT2D eigenvalue weighted by Gasteiger charge is -2.05. The minimum Gasteiger partial charge on any atom is -0.356 e. The van der Waals surface area contributed by atoms with Crippen molar-refractivity contribution < 1.29 is 4.79 Å². The number of nitrogens with one attached hydrogen (secondary N) is 1. The molecule has 160 valence electrons. The molecule has 0 unspecified atom stereocenters. The van der Waals surface area contributed by atoms with Gasteiger partial charge in [0.25, 0.3) is 0 Å². The molecule has 0 aliphatic carbocycles. The first-order valence-corrected chi connectivity index (χ1v) is 11.9. The fourth-order valence-corrected chi connectivity index (χ4v) is 3.30. The van der Waals surface area contributed by atoms with Crippen LogP contribution in [-0.4, -0.2) is 19.0 Å². The molecule has 0 radical (unpaired) electrons. The standard InChI is InChI=1S/C24H48N2O/c1-2-3-4-5-6-7-8-9-10-11-12-13-14-15-18-21-24(27)26-23-20-17-16-19-22-25/h9-10H,2-8,11-23,25H2,1H3,(H,26,27)/b10-9-. The van der Waals surface area contributed by atoms with Gasteiger partial charge >= 0.3 is 0 Å². The van der Waals surface area contributed by atoms with Gasteiger partial charge in [-0.25, -0.2) is 0 Å². The predicted octanol–water partition coefficient (Wildman–Crippen LogP) is 6.66. The second kappa shape index (κ2) is 23.2. The molecule has 0 bridgehead atoms. The molecule has 0 spiro atoms. The average molecular weight is 381 g/mol. The van der Waals surface area contributed by atoms with E-state index in [9.17, 15) is 4.79 Å². The van der Waals surface area contributed by atoms with Gasteiger partial charge in [0.2, 0.25) is 5.91 Å². The van der Waals surface area contributed by atoms with Crippen LogP contribution in [0.3, 0.4) is 0 Å². The molecular weight excluding hydrogens is 332 g/mol. The molecule has 27 heavy (non-hydrogen) atoms. The van der Waals surface area contributed by atoms with E-state index in [1.807, 2.05) is 0 Å². The Morgan fingerprint density at radius 3 is 1.85 bits per heavy atom. The zero-order valence-electron chi connectivity index (χ0n) is 18.3. The van der Waals surface area contributed by atoms with Crippen molar-refractivity contribution in [1.29, 1.82) is 0 Å². The monoisotopic (exact) mass is 380 g/mol. The van der Waals surface area contributed by atoms with E-state index in [-0.39, 0.29) is 5.91 Å². The first-order valence-electron chi connectivity index (χ1n) is 11.9. The molecule has 0 aliphatic heterocycles. The molecule has 1 amide bonds. The highest BCUT2D eigenvalue weighted by atomic mass is 16.1. The molecule has 0 aromatic heterocycles. The van der Waals surface area contributed by atoms with E-state index >= 15 is 0 Å². The van der Waals surface area contributed by atoms with Crippen LogP contribution in [0.2, 0.25) is 0 Å². The molecule has 0 heterocycles. The molecule has 0 saturated heterocycles. The molecule has 0 aromatic rings. The molecule has 0 rings (SSSR count). The third-order valence-electron chi connectivity index (χ3n) is 5.12. The zero-order valence-corrected chi connectivity index (χ0v) is 18.3. The second-order valence-electron chi connectivity index (χ2n) is 7.89. The third-order valence-corrected chi connectivity index (χ3v) is 5.12. The van der Waals surface area contributed by atoms with Gasteiger partial charge in [0.1, 0.15) is 0 Å². The van der Waals surface area contributed by atoms with E-state index in [0.717, 1.165) is 32.4 Å². The van der Waals surface area contributed by atoms with Crippen LogP contribution >= 0.6 is 0 Å². The van der Waals surface area contributed by atoms with E-state index in [2.05, 4.69) is 24.4 Å². The van der Waals surface area contributed by atoms with Crippen LogP contribution in [0.25, 0.3) is 0 Å². The highest BCUT2D eigenvalue weighted by Crippen LogP contribution is 2.10. The van der Waals surface area contributed by atoms with E-state index in [0.29, 0.717) is 6.42 Å². The van der Waals surface area contributed by atoms with Gasteiger partial charge in [0.15, 0.2) is 0 Å². The number of hydrogen-bond acceptors (Lipinski definition) is 2. The number of hydrogen-bond donors (Lipinski definition) is 2. The Kier molecular flexibility index (Phi) is 22.5. The topological polar surface area (TPSA) is 55.1 Å². The van der Waals surface area contributed by atoms with Gasteiger partial charge in [-0.15, -0.1) is 0 Å². The van der Waals surface area contributed by atoms with Crippen LogP contribution < -0.4 is 11.1 Å². The van der Waals surface area contributed by atoms with Crippen LogP contribution in [0.1, 0.15) is 122 Å². The number of unbranched alkanes of at least 4 members (excludes halogenated alkanes) is 14. The Morgan fingerprint density at radius 2 is 1.22 bits per heavy atom. The minimum atomic E-state index is 0.228. The number of carbonyl (C=O) groups is 1. The SMILES string of the molecule is CCCCCCCC/C=C\CCCCCCCC(=O)NCCCCCCN. The summed E-state index contributed by atoms with van der Waals surface area (Å²) in [6, 6.07) is 0. The van der Waals surface area contributed by atoms with Gasteiger partial charge in [0, 0.05) is 13.0 Å². The summed E-state index contributed by atoms with van der Waals surface area (Å²) in [5.74, 6) is 0.228. The number of amides is 1.